The SMILES string of the molecule is O=C(Cc1cccc(C(F)(F)F)c1)Nc1cnn(C2CCN(C(=O)c3cc(-c4ccccc4)n4ccccc34)CC2)c1. The first-order valence-corrected chi connectivity index (χ1v) is 13.7. The minimum Gasteiger partial charge on any atom is -0.338 e. The zero-order valence-electron chi connectivity index (χ0n) is 22.6. The Balaban J connectivity index is 1.08. The third-order valence-corrected chi connectivity index (χ3v) is 7.61. The second kappa shape index (κ2) is 11.2. The zero-order chi connectivity index (χ0) is 29.3. The Kier molecular flexibility index (Phi) is 7.28. The summed E-state index contributed by atoms with van der Waals surface area (Å²) in [7, 11) is 0. The molecule has 2 amide bonds. The van der Waals surface area contributed by atoms with Crippen LogP contribution in [0.4, 0.5) is 18.9 Å². The number of alkyl halides is 3. The lowest BCUT2D eigenvalue weighted by molar-refractivity contribution is -0.137. The Morgan fingerprint density at radius 2 is 1.69 bits per heavy atom. The van der Waals surface area contributed by atoms with E-state index in [1.165, 1.54) is 18.3 Å². The Bertz CT molecular complexity index is 1730. The van der Waals surface area contributed by atoms with Crippen LogP contribution < -0.4 is 5.32 Å². The lowest BCUT2D eigenvalue weighted by atomic mass is 10.0. The summed E-state index contributed by atoms with van der Waals surface area (Å²) < 4.78 is 42.8. The number of hydrogen-bond donors (Lipinski definition) is 1. The van der Waals surface area contributed by atoms with Crippen LogP contribution in [0.25, 0.3) is 16.8 Å². The average molecular weight is 572 g/mol. The summed E-state index contributed by atoms with van der Waals surface area (Å²) in [5, 5.41) is 7.12. The van der Waals surface area contributed by atoms with E-state index in [2.05, 4.69) is 10.4 Å². The first kappa shape index (κ1) is 27.3. The fourth-order valence-electron chi connectivity index (χ4n) is 5.51. The number of carbonyl (C=O) groups is 2. The van der Waals surface area contributed by atoms with Crippen molar-refractivity contribution >= 4 is 23.0 Å². The first-order chi connectivity index (χ1) is 20.3. The predicted octanol–water partition coefficient (Wildman–Crippen LogP) is 6.48. The van der Waals surface area contributed by atoms with E-state index >= 15 is 0 Å². The van der Waals surface area contributed by atoms with Gasteiger partial charge in [0.1, 0.15) is 0 Å². The van der Waals surface area contributed by atoms with Crippen molar-refractivity contribution in [3.8, 4) is 11.3 Å². The molecule has 3 aromatic heterocycles. The van der Waals surface area contributed by atoms with E-state index in [-0.39, 0.29) is 23.9 Å². The molecule has 4 heterocycles. The standard InChI is InChI=1S/C32H28F3N5O2/c33-32(34,35)24-10-6-7-22(17-24)18-30(41)37-25-20-36-40(21-25)26-12-15-38(16-13-26)31(42)27-19-29(23-8-2-1-3-9-23)39-14-5-4-11-28(27)39/h1-11,14,17,19-21,26H,12-13,15-16,18H2,(H,37,41). The molecule has 0 atom stereocenters. The number of nitrogens with one attached hydrogen (secondary N) is 1. The summed E-state index contributed by atoms with van der Waals surface area (Å²) in [6.45, 7) is 1.12. The van der Waals surface area contributed by atoms with Gasteiger partial charge in [-0.2, -0.15) is 18.3 Å². The molecule has 6 rings (SSSR count). The predicted molar refractivity (Wildman–Crippen MR) is 153 cm³/mol. The van der Waals surface area contributed by atoms with Gasteiger partial charge in [-0.15, -0.1) is 0 Å². The van der Waals surface area contributed by atoms with Crippen molar-refractivity contribution in [1.82, 2.24) is 19.1 Å². The van der Waals surface area contributed by atoms with Crippen molar-refractivity contribution in [3.63, 3.8) is 0 Å². The molecule has 0 aliphatic carbocycles. The number of rotatable bonds is 6. The topological polar surface area (TPSA) is 71.6 Å². The van der Waals surface area contributed by atoms with Gasteiger partial charge < -0.3 is 14.6 Å². The molecule has 7 nitrogen and oxygen atoms in total. The van der Waals surface area contributed by atoms with Gasteiger partial charge in [0.25, 0.3) is 5.91 Å². The van der Waals surface area contributed by atoms with E-state index in [1.807, 2.05) is 70.1 Å². The number of hydrogen-bond acceptors (Lipinski definition) is 3. The number of pyridine rings is 1. The van der Waals surface area contributed by atoms with E-state index in [1.54, 1.807) is 10.9 Å². The van der Waals surface area contributed by atoms with Crippen molar-refractivity contribution in [1.29, 1.82) is 0 Å². The molecular weight excluding hydrogens is 543 g/mol. The Hall–Kier alpha value is -4.86. The molecule has 1 aliphatic rings. The molecule has 2 aromatic carbocycles. The fourth-order valence-corrected chi connectivity index (χ4v) is 5.51. The number of nitrogens with zero attached hydrogens (tertiary/aromatic N) is 4. The van der Waals surface area contributed by atoms with Gasteiger partial charge in [-0.05, 0) is 48.2 Å². The molecule has 1 N–H and O–H groups in total. The van der Waals surface area contributed by atoms with Crippen molar-refractivity contribution < 1.29 is 22.8 Å². The quantitative estimate of drug-likeness (QED) is 0.254. The Labute approximate surface area is 240 Å². The Morgan fingerprint density at radius 1 is 0.929 bits per heavy atom. The van der Waals surface area contributed by atoms with Gasteiger partial charge in [-0.1, -0.05) is 54.6 Å². The van der Waals surface area contributed by atoms with Gasteiger partial charge in [-0.3, -0.25) is 14.3 Å². The molecule has 0 saturated carbocycles. The van der Waals surface area contributed by atoms with Gasteiger partial charge in [0, 0.05) is 25.5 Å². The third-order valence-electron chi connectivity index (χ3n) is 7.61. The molecule has 10 heteroatoms. The normalized spacial score (nSPS) is 14.3. The highest BCUT2D eigenvalue weighted by atomic mass is 19.4. The van der Waals surface area contributed by atoms with Crippen molar-refractivity contribution in [2.24, 2.45) is 0 Å². The number of likely N-dealkylation sites (tertiary alicyclic amines) is 1. The van der Waals surface area contributed by atoms with E-state index in [0.29, 0.717) is 37.2 Å². The number of fused-ring (bicyclic) bond motifs is 1. The number of aromatic nitrogens is 3. The summed E-state index contributed by atoms with van der Waals surface area (Å²) in [6.07, 6.45) is 1.96. The van der Waals surface area contributed by atoms with Crippen molar-refractivity contribution in [2.75, 3.05) is 18.4 Å². The molecule has 0 bridgehead atoms. The van der Waals surface area contributed by atoms with E-state index in [4.69, 9.17) is 0 Å². The van der Waals surface area contributed by atoms with Crippen LogP contribution in [-0.2, 0) is 17.4 Å². The molecule has 0 unspecified atom stereocenters. The highest BCUT2D eigenvalue weighted by molar-refractivity contribution is 6.03. The maximum atomic E-state index is 13.6. The first-order valence-electron chi connectivity index (χ1n) is 13.7. The van der Waals surface area contributed by atoms with Crippen molar-refractivity contribution in [2.45, 2.75) is 31.5 Å². The van der Waals surface area contributed by atoms with Crippen LogP contribution in [0.3, 0.4) is 0 Å². The molecule has 1 aliphatic heterocycles. The van der Waals surface area contributed by atoms with Crippen molar-refractivity contribution in [3.05, 3.63) is 114 Å². The fraction of sp³-hybridized carbons (Fsp3) is 0.219. The summed E-state index contributed by atoms with van der Waals surface area (Å²) in [5.41, 5.74) is 3.49. The summed E-state index contributed by atoms with van der Waals surface area (Å²) in [6, 6.07) is 22.6. The van der Waals surface area contributed by atoms with Gasteiger partial charge in [0.05, 0.1) is 46.7 Å². The molecule has 42 heavy (non-hydrogen) atoms. The van der Waals surface area contributed by atoms with Gasteiger partial charge in [0.15, 0.2) is 0 Å². The summed E-state index contributed by atoms with van der Waals surface area (Å²) in [5.74, 6) is -0.439. The lowest BCUT2D eigenvalue weighted by Gasteiger charge is -2.32. The summed E-state index contributed by atoms with van der Waals surface area (Å²) >= 11 is 0. The minimum atomic E-state index is -4.46. The lowest BCUT2D eigenvalue weighted by Crippen LogP contribution is -2.39. The molecule has 1 fully saturated rings. The van der Waals surface area contributed by atoms with E-state index < -0.39 is 17.6 Å². The largest absolute Gasteiger partial charge is 0.416 e. The number of halogens is 3. The smallest absolute Gasteiger partial charge is 0.338 e. The molecule has 0 spiro atoms. The van der Waals surface area contributed by atoms with Crippen LogP contribution in [0.15, 0.2) is 97.5 Å². The monoisotopic (exact) mass is 571 g/mol. The van der Waals surface area contributed by atoms with E-state index in [9.17, 15) is 22.8 Å². The molecular formula is C32H28F3N5O2. The molecule has 1 saturated heterocycles. The van der Waals surface area contributed by atoms with E-state index in [0.717, 1.165) is 28.9 Å². The average Bonchev–Trinajstić information content (AvgIpc) is 3.62. The maximum absolute atomic E-state index is 13.6. The molecule has 5 aromatic rings. The highest BCUT2D eigenvalue weighted by Gasteiger charge is 2.31. The van der Waals surface area contributed by atoms with Gasteiger partial charge in [-0.25, -0.2) is 0 Å². The number of carbonyl (C=O) groups excluding carboxylic acids is 2. The van der Waals surface area contributed by atoms with Crippen LogP contribution in [0, 0.1) is 0 Å². The number of anilines is 1. The van der Waals surface area contributed by atoms with Crippen LogP contribution in [0.2, 0.25) is 0 Å². The third kappa shape index (κ3) is 5.65. The summed E-state index contributed by atoms with van der Waals surface area (Å²) in [4.78, 5) is 28.0. The van der Waals surface area contributed by atoms with Crippen LogP contribution in [0.1, 0.15) is 40.4 Å². The second-order valence-corrected chi connectivity index (χ2v) is 10.4. The highest BCUT2D eigenvalue weighted by Crippen LogP contribution is 2.31. The molecule has 214 valence electrons. The van der Waals surface area contributed by atoms with Crippen LogP contribution in [0.5, 0.6) is 0 Å². The Morgan fingerprint density at radius 3 is 2.45 bits per heavy atom. The maximum Gasteiger partial charge on any atom is 0.416 e. The van der Waals surface area contributed by atoms with Crippen LogP contribution in [-0.4, -0.2) is 44.0 Å². The zero-order valence-corrected chi connectivity index (χ0v) is 22.6. The molecule has 0 radical (unpaired) electrons. The number of benzene rings is 2. The van der Waals surface area contributed by atoms with Crippen LogP contribution >= 0.6 is 0 Å². The number of amides is 2. The number of piperidine rings is 1. The van der Waals surface area contributed by atoms with Gasteiger partial charge in [0.2, 0.25) is 5.91 Å². The second-order valence-electron chi connectivity index (χ2n) is 10.4. The van der Waals surface area contributed by atoms with Gasteiger partial charge >= 0.3 is 6.18 Å². The minimum absolute atomic E-state index is 0.0117.